The number of benzene rings is 2. The van der Waals surface area contributed by atoms with E-state index in [1.165, 1.54) is 0 Å². The van der Waals surface area contributed by atoms with E-state index >= 15 is 0 Å². The zero-order valence-corrected chi connectivity index (χ0v) is 17.2. The molecule has 0 atom stereocenters. The maximum atomic E-state index is 12.3. The molecule has 1 aromatic heterocycles. The Kier molecular flexibility index (Phi) is 6.15. The number of nitrogens with one attached hydrogen (secondary N) is 2. The second-order valence-corrected chi connectivity index (χ2v) is 7.13. The zero-order chi connectivity index (χ0) is 19.4. The lowest BCUT2D eigenvalue weighted by Crippen LogP contribution is -2.33. The molecule has 3 aromatic rings. The van der Waals surface area contributed by atoms with Crippen molar-refractivity contribution in [3.05, 3.63) is 69.9 Å². The Hall–Kier alpha value is -2.35. The summed E-state index contributed by atoms with van der Waals surface area (Å²) in [4.78, 5) is 12.3. The van der Waals surface area contributed by atoms with Gasteiger partial charge in [0, 0.05) is 16.3 Å². The highest BCUT2D eigenvalue weighted by atomic mass is 79.9. The van der Waals surface area contributed by atoms with E-state index in [9.17, 15) is 4.79 Å². The van der Waals surface area contributed by atoms with Gasteiger partial charge < -0.3 is 14.5 Å². The average molecular weight is 466 g/mol. The van der Waals surface area contributed by atoms with Gasteiger partial charge in [-0.1, -0.05) is 23.7 Å². The lowest BCUT2D eigenvalue weighted by molar-refractivity contribution is 0.0951. The van der Waals surface area contributed by atoms with E-state index in [0.717, 1.165) is 10.0 Å². The number of hydrogen-bond donors (Lipinski definition) is 2. The van der Waals surface area contributed by atoms with Gasteiger partial charge in [0.2, 0.25) is 0 Å². The number of anilines is 1. The topological polar surface area (TPSA) is 63.5 Å². The fourth-order valence-corrected chi connectivity index (χ4v) is 3.27. The molecule has 0 radical (unpaired) electrons. The van der Waals surface area contributed by atoms with Crippen LogP contribution in [0.3, 0.4) is 0 Å². The molecule has 8 heteroatoms. The van der Waals surface area contributed by atoms with Gasteiger partial charge in [0.05, 0.1) is 11.6 Å². The van der Waals surface area contributed by atoms with Gasteiger partial charge in [-0.3, -0.25) is 10.1 Å². The summed E-state index contributed by atoms with van der Waals surface area (Å²) in [6, 6.07) is 15.8. The number of amides is 1. The monoisotopic (exact) mass is 464 g/mol. The van der Waals surface area contributed by atoms with Crippen molar-refractivity contribution >= 4 is 56.5 Å². The van der Waals surface area contributed by atoms with Crippen molar-refractivity contribution < 1.29 is 13.9 Å². The van der Waals surface area contributed by atoms with Crippen LogP contribution in [0.15, 0.2) is 63.5 Å². The van der Waals surface area contributed by atoms with E-state index in [1.807, 2.05) is 12.1 Å². The van der Waals surface area contributed by atoms with Crippen molar-refractivity contribution in [2.24, 2.45) is 0 Å². The third-order valence-electron chi connectivity index (χ3n) is 3.58. The SMILES string of the molecule is COc1ccc(NC(=S)NC(=O)c2ccc(-c3cccc(Cl)c3)o2)cc1Br. The second kappa shape index (κ2) is 8.56. The van der Waals surface area contributed by atoms with Crippen molar-refractivity contribution in [2.45, 2.75) is 0 Å². The van der Waals surface area contributed by atoms with Crippen LogP contribution >= 0.6 is 39.7 Å². The van der Waals surface area contributed by atoms with E-state index in [2.05, 4.69) is 26.6 Å². The molecule has 0 bridgehead atoms. The molecule has 5 nitrogen and oxygen atoms in total. The molecule has 0 spiro atoms. The lowest BCUT2D eigenvalue weighted by atomic mass is 10.2. The summed E-state index contributed by atoms with van der Waals surface area (Å²) in [5, 5.41) is 6.26. The Morgan fingerprint density at radius 2 is 2.00 bits per heavy atom. The van der Waals surface area contributed by atoms with Gasteiger partial charge in [-0.15, -0.1) is 0 Å². The number of rotatable bonds is 4. The lowest BCUT2D eigenvalue weighted by Gasteiger charge is -2.10. The summed E-state index contributed by atoms with van der Waals surface area (Å²) in [5.41, 5.74) is 1.48. The van der Waals surface area contributed by atoms with Crippen LogP contribution < -0.4 is 15.4 Å². The van der Waals surface area contributed by atoms with E-state index in [0.29, 0.717) is 22.2 Å². The van der Waals surface area contributed by atoms with Crippen molar-refractivity contribution in [1.82, 2.24) is 5.32 Å². The fourth-order valence-electron chi connectivity index (χ4n) is 2.33. The first kappa shape index (κ1) is 19.4. The molecule has 3 rings (SSSR count). The third-order valence-corrected chi connectivity index (χ3v) is 4.63. The highest BCUT2D eigenvalue weighted by Crippen LogP contribution is 2.28. The number of halogens is 2. The van der Waals surface area contributed by atoms with Crippen LogP contribution in [0.1, 0.15) is 10.6 Å². The molecular weight excluding hydrogens is 452 g/mol. The van der Waals surface area contributed by atoms with Gasteiger partial charge in [-0.25, -0.2) is 0 Å². The summed E-state index contributed by atoms with van der Waals surface area (Å²) >= 11 is 14.6. The average Bonchev–Trinajstić information content (AvgIpc) is 3.12. The van der Waals surface area contributed by atoms with Gasteiger partial charge in [-0.05, 0) is 70.6 Å². The Labute approximate surface area is 174 Å². The van der Waals surface area contributed by atoms with Crippen molar-refractivity contribution in [1.29, 1.82) is 0 Å². The Bertz CT molecular complexity index is 1010. The molecule has 2 aromatic carbocycles. The van der Waals surface area contributed by atoms with Gasteiger partial charge in [0.25, 0.3) is 5.91 Å². The molecule has 0 saturated carbocycles. The van der Waals surface area contributed by atoms with Gasteiger partial charge >= 0.3 is 0 Å². The predicted octanol–water partition coefficient (Wildman–Crippen LogP) is 5.50. The molecule has 2 N–H and O–H groups in total. The maximum Gasteiger partial charge on any atom is 0.293 e. The van der Waals surface area contributed by atoms with Crippen LogP contribution in [0.5, 0.6) is 5.75 Å². The molecular formula is C19H14BrClN2O3S. The van der Waals surface area contributed by atoms with Crippen molar-refractivity contribution in [2.75, 3.05) is 12.4 Å². The van der Waals surface area contributed by atoms with E-state index in [-0.39, 0.29) is 10.9 Å². The van der Waals surface area contributed by atoms with Crippen LogP contribution in [0.4, 0.5) is 5.69 Å². The first-order chi connectivity index (χ1) is 13.0. The number of methoxy groups -OCH3 is 1. The van der Waals surface area contributed by atoms with Crippen molar-refractivity contribution in [3.63, 3.8) is 0 Å². The van der Waals surface area contributed by atoms with Gasteiger partial charge in [0.1, 0.15) is 11.5 Å². The minimum atomic E-state index is -0.451. The highest BCUT2D eigenvalue weighted by molar-refractivity contribution is 9.10. The van der Waals surface area contributed by atoms with Gasteiger partial charge in [-0.2, -0.15) is 0 Å². The molecule has 0 aliphatic carbocycles. The largest absolute Gasteiger partial charge is 0.496 e. The normalized spacial score (nSPS) is 10.3. The number of furan rings is 1. The van der Waals surface area contributed by atoms with Crippen LogP contribution in [0.25, 0.3) is 11.3 Å². The molecule has 138 valence electrons. The zero-order valence-electron chi connectivity index (χ0n) is 14.1. The Balaban J connectivity index is 1.65. The number of ether oxygens (including phenoxy) is 1. The molecule has 0 fully saturated rings. The number of thiocarbonyl (C=S) groups is 1. The fraction of sp³-hybridized carbons (Fsp3) is 0.0526. The van der Waals surface area contributed by atoms with Crippen molar-refractivity contribution in [3.8, 4) is 17.1 Å². The second-order valence-electron chi connectivity index (χ2n) is 5.43. The third kappa shape index (κ3) is 4.88. The first-order valence-electron chi connectivity index (χ1n) is 7.78. The Morgan fingerprint density at radius 3 is 2.70 bits per heavy atom. The van der Waals surface area contributed by atoms with Crippen LogP contribution in [0.2, 0.25) is 5.02 Å². The quantitative estimate of drug-likeness (QED) is 0.498. The molecule has 27 heavy (non-hydrogen) atoms. The number of carbonyl (C=O) groups is 1. The molecule has 0 aliphatic heterocycles. The van der Waals surface area contributed by atoms with Gasteiger partial charge in [0.15, 0.2) is 10.9 Å². The smallest absolute Gasteiger partial charge is 0.293 e. The Morgan fingerprint density at radius 1 is 1.19 bits per heavy atom. The van der Waals surface area contributed by atoms with E-state index < -0.39 is 5.91 Å². The highest BCUT2D eigenvalue weighted by Gasteiger charge is 2.14. The maximum absolute atomic E-state index is 12.3. The number of carbonyl (C=O) groups excluding carboxylic acids is 1. The number of hydrogen-bond acceptors (Lipinski definition) is 4. The summed E-state index contributed by atoms with van der Waals surface area (Å²) in [5.74, 6) is 0.929. The molecule has 1 heterocycles. The summed E-state index contributed by atoms with van der Waals surface area (Å²) < 4.78 is 11.5. The molecule has 0 aliphatic rings. The summed E-state index contributed by atoms with van der Waals surface area (Å²) in [6.45, 7) is 0. The molecule has 0 unspecified atom stereocenters. The minimum absolute atomic E-state index is 0.144. The van der Waals surface area contributed by atoms with Crippen LogP contribution in [-0.4, -0.2) is 18.1 Å². The van der Waals surface area contributed by atoms with Crippen LogP contribution in [-0.2, 0) is 0 Å². The minimum Gasteiger partial charge on any atom is -0.496 e. The summed E-state index contributed by atoms with van der Waals surface area (Å²) in [7, 11) is 1.58. The van der Waals surface area contributed by atoms with E-state index in [1.54, 1.807) is 49.6 Å². The predicted molar refractivity (Wildman–Crippen MR) is 114 cm³/mol. The van der Waals surface area contributed by atoms with E-state index in [4.69, 9.17) is 33.0 Å². The first-order valence-corrected chi connectivity index (χ1v) is 9.36. The molecule has 0 saturated heterocycles. The molecule has 1 amide bonds. The summed E-state index contributed by atoms with van der Waals surface area (Å²) in [6.07, 6.45) is 0. The van der Waals surface area contributed by atoms with Crippen LogP contribution in [0, 0.1) is 0 Å². The standard InChI is InChI=1S/C19H14BrClN2O3S/c1-25-16-6-5-13(10-14(16)20)22-19(27)23-18(24)17-8-7-15(26-17)11-3-2-4-12(21)9-11/h2-10H,1H3,(H2,22,23,24,27).